The number of nitrogens with one attached hydrogen (secondary N) is 2. The van der Waals surface area contributed by atoms with Crippen LogP contribution in [-0.4, -0.2) is 48.1 Å². The van der Waals surface area contributed by atoms with Gasteiger partial charge in [0.2, 0.25) is 0 Å². The molecule has 10 heteroatoms. The van der Waals surface area contributed by atoms with Crippen LogP contribution in [0.5, 0.6) is 0 Å². The number of amidine groups is 1. The zero-order valence-electron chi connectivity index (χ0n) is 15.4. The molecule has 10 nitrogen and oxygen atoms in total. The number of rotatable bonds is 5. The molecule has 0 amide bonds. The van der Waals surface area contributed by atoms with Gasteiger partial charge in [-0.3, -0.25) is 4.68 Å². The summed E-state index contributed by atoms with van der Waals surface area (Å²) in [6, 6.07) is 6.33. The van der Waals surface area contributed by atoms with Gasteiger partial charge in [-0.2, -0.15) is 15.2 Å². The zero-order chi connectivity index (χ0) is 19.1. The fraction of sp³-hybridized carbons (Fsp3) is 0.278. The maximum absolute atomic E-state index is 9.08. The Morgan fingerprint density at radius 3 is 3.14 bits per heavy atom. The van der Waals surface area contributed by atoms with Crippen LogP contribution in [0.2, 0.25) is 0 Å². The molecule has 5 rings (SSSR count). The van der Waals surface area contributed by atoms with Crippen molar-refractivity contribution in [1.29, 1.82) is 0 Å². The summed E-state index contributed by atoms with van der Waals surface area (Å²) in [6.45, 7) is 2.69. The van der Waals surface area contributed by atoms with Gasteiger partial charge in [-0.15, -0.1) is 0 Å². The number of aromatic nitrogens is 4. The molecule has 28 heavy (non-hydrogen) atoms. The minimum Gasteiger partial charge on any atom is -0.394 e. The molecular formula is C18H22N9O+. The van der Waals surface area contributed by atoms with Gasteiger partial charge in [0.1, 0.15) is 0 Å². The number of hydrazine groups is 1. The highest BCUT2D eigenvalue weighted by Gasteiger charge is 2.40. The molecule has 2 aliphatic rings. The lowest BCUT2D eigenvalue weighted by Gasteiger charge is -2.28. The molecule has 0 radical (unpaired) electrons. The number of pyridine rings is 1. The Bertz CT molecular complexity index is 1070. The molecule has 1 saturated heterocycles. The van der Waals surface area contributed by atoms with Crippen LogP contribution in [0.15, 0.2) is 54.2 Å². The van der Waals surface area contributed by atoms with Gasteiger partial charge in [0, 0.05) is 24.2 Å². The van der Waals surface area contributed by atoms with Gasteiger partial charge in [-0.25, -0.2) is 14.9 Å². The predicted octanol–water partition coefficient (Wildman–Crippen LogP) is -0.791. The molecule has 3 aromatic rings. The Hall–Kier alpha value is -3.05. The van der Waals surface area contributed by atoms with Crippen LogP contribution < -0.4 is 16.3 Å². The molecule has 2 atom stereocenters. The first-order valence-electron chi connectivity index (χ1n) is 9.22. The number of hydrogen-bond acceptors (Lipinski definition) is 7. The van der Waals surface area contributed by atoms with E-state index in [4.69, 9.17) is 5.11 Å². The minimum absolute atomic E-state index is 0.0597. The van der Waals surface area contributed by atoms with E-state index in [1.807, 2.05) is 34.6 Å². The molecule has 2 unspecified atom stereocenters. The molecule has 0 aromatic carbocycles. The first-order valence-corrected chi connectivity index (χ1v) is 9.22. The quantitative estimate of drug-likeness (QED) is 0.432. The lowest BCUT2D eigenvalue weighted by atomic mass is 10.1. The normalized spacial score (nSPS) is 20.6. The molecule has 5 N–H and O–H groups in total. The monoisotopic (exact) mass is 380 g/mol. The van der Waals surface area contributed by atoms with E-state index in [-0.39, 0.29) is 18.8 Å². The molecule has 5 heterocycles. The first kappa shape index (κ1) is 17.1. The van der Waals surface area contributed by atoms with Crippen molar-refractivity contribution < 1.29 is 10.5 Å². The van der Waals surface area contributed by atoms with E-state index in [1.54, 1.807) is 17.1 Å². The van der Waals surface area contributed by atoms with Gasteiger partial charge in [0.15, 0.2) is 6.17 Å². The largest absolute Gasteiger partial charge is 0.394 e. The summed E-state index contributed by atoms with van der Waals surface area (Å²) in [6.07, 6.45) is 9.19. The third kappa shape index (κ3) is 2.88. The number of hydrogen-bond donors (Lipinski definition) is 4. The van der Waals surface area contributed by atoms with Gasteiger partial charge in [0.25, 0.3) is 5.84 Å². The van der Waals surface area contributed by atoms with Gasteiger partial charge < -0.3 is 10.4 Å². The van der Waals surface area contributed by atoms with Crippen LogP contribution in [0.3, 0.4) is 0 Å². The van der Waals surface area contributed by atoms with Crippen molar-refractivity contribution in [3.8, 4) is 0 Å². The maximum atomic E-state index is 9.08. The fourth-order valence-electron chi connectivity index (χ4n) is 3.59. The molecule has 3 aromatic heterocycles. The van der Waals surface area contributed by atoms with E-state index in [0.717, 1.165) is 22.6 Å². The maximum Gasteiger partial charge on any atom is 0.259 e. The minimum atomic E-state index is -0.0858. The molecule has 144 valence electrons. The highest BCUT2D eigenvalue weighted by Crippen LogP contribution is 2.25. The van der Waals surface area contributed by atoms with Gasteiger partial charge >= 0.3 is 0 Å². The van der Waals surface area contributed by atoms with Gasteiger partial charge in [-0.1, -0.05) is 5.53 Å². The highest BCUT2D eigenvalue weighted by atomic mass is 16.3. The van der Waals surface area contributed by atoms with E-state index in [1.165, 1.54) is 5.56 Å². The number of nitrogens with zero attached hydrogens (tertiary/aromatic N) is 6. The topological polar surface area (TPSA) is 112 Å². The van der Waals surface area contributed by atoms with Crippen molar-refractivity contribution in [2.24, 2.45) is 4.99 Å². The van der Waals surface area contributed by atoms with Crippen molar-refractivity contribution in [3.05, 3.63) is 60.3 Å². The average Bonchev–Trinajstić information content (AvgIpc) is 3.45. The summed E-state index contributed by atoms with van der Waals surface area (Å²) >= 11 is 0. The number of fused-ring (bicyclic) bond motifs is 2. The van der Waals surface area contributed by atoms with Crippen LogP contribution >= 0.6 is 0 Å². The van der Waals surface area contributed by atoms with E-state index >= 15 is 0 Å². The second-order valence-electron chi connectivity index (χ2n) is 6.88. The van der Waals surface area contributed by atoms with Crippen LogP contribution in [0.4, 0.5) is 0 Å². The summed E-state index contributed by atoms with van der Waals surface area (Å²) in [5, 5.41) is 23.3. The zero-order valence-corrected chi connectivity index (χ0v) is 15.4. The lowest BCUT2D eigenvalue weighted by molar-refractivity contribution is -0.617. The molecule has 0 bridgehead atoms. The number of nitrogens with two attached hydrogens (primary N) is 1. The smallest absolute Gasteiger partial charge is 0.259 e. The van der Waals surface area contributed by atoms with Crippen molar-refractivity contribution in [2.75, 3.05) is 6.61 Å². The summed E-state index contributed by atoms with van der Waals surface area (Å²) in [7, 11) is 0. The van der Waals surface area contributed by atoms with Gasteiger partial charge in [0.05, 0.1) is 42.8 Å². The van der Waals surface area contributed by atoms with E-state index in [2.05, 4.69) is 50.1 Å². The predicted molar refractivity (Wildman–Crippen MR) is 102 cm³/mol. The number of aliphatic hydroxyl groups excluding tert-OH is 1. The molecular weight excluding hydrogens is 358 g/mol. The standard InChI is InChI=1S/C18H21N9O/c1-12(13-3-5-26-15(8-13)2-4-20-26)27-18-17(23-24-27)19-10-16(22-18)14-9-21-25(11-14)6-7-28/h2-5,8-12,18,22,24,28H,6-7H2,1H3,(H,19,23)/p+1. The van der Waals surface area contributed by atoms with Gasteiger partial charge in [-0.05, 0) is 30.7 Å². The molecule has 0 saturated carbocycles. The second kappa shape index (κ2) is 6.84. The Kier molecular flexibility index (Phi) is 4.17. The summed E-state index contributed by atoms with van der Waals surface area (Å²) in [4.78, 5) is 4.60. The van der Waals surface area contributed by atoms with Crippen molar-refractivity contribution >= 4 is 17.0 Å². The van der Waals surface area contributed by atoms with Crippen molar-refractivity contribution in [3.63, 3.8) is 0 Å². The Morgan fingerprint density at radius 2 is 2.25 bits per heavy atom. The molecule has 0 spiro atoms. The van der Waals surface area contributed by atoms with Crippen LogP contribution in [-0.2, 0) is 6.54 Å². The third-order valence-electron chi connectivity index (χ3n) is 5.15. The van der Waals surface area contributed by atoms with Crippen molar-refractivity contribution in [2.45, 2.75) is 25.7 Å². The summed E-state index contributed by atoms with van der Waals surface area (Å²) in [5.74, 6) is 0.934. The van der Waals surface area contributed by atoms with Crippen LogP contribution in [0, 0.1) is 0 Å². The number of quaternary nitrogens is 1. The van der Waals surface area contributed by atoms with E-state index < -0.39 is 0 Å². The van der Waals surface area contributed by atoms with Crippen molar-refractivity contribution in [1.82, 2.24) is 35.3 Å². The first-order chi connectivity index (χ1) is 13.7. The molecule has 2 aliphatic heterocycles. The summed E-state index contributed by atoms with van der Waals surface area (Å²) < 4.78 is 3.58. The second-order valence-corrected chi connectivity index (χ2v) is 6.88. The average molecular weight is 380 g/mol. The van der Waals surface area contributed by atoms with Crippen LogP contribution in [0.1, 0.15) is 24.1 Å². The Balaban J connectivity index is 1.38. The Morgan fingerprint density at radius 1 is 1.32 bits per heavy atom. The SMILES string of the molecule is CC(c1ccn2nccc2c1)N1N[NH2+]C2=NC=C(c3cnn(CCO)c3)NC21. The number of aliphatic hydroxyl groups is 1. The Labute approximate surface area is 161 Å². The molecule has 0 aliphatic carbocycles. The third-order valence-corrected chi connectivity index (χ3v) is 5.15. The van der Waals surface area contributed by atoms with E-state index in [0.29, 0.717) is 6.54 Å². The molecule has 1 fully saturated rings. The fourth-order valence-corrected chi connectivity index (χ4v) is 3.59. The van der Waals surface area contributed by atoms with E-state index in [9.17, 15) is 0 Å². The van der Waals surface area contributed by atoms with Crippen LogP contribution in [0.25, 0.3) is 11.2 Å². The highest BCUT2D eigenvalue weighted by molar-refractivity contribution is 5.85. The number of aliphatic imine (C=N–C) groups is 1. The summed E-state index contributed by atoms with van der Waals surface area (Å²) in [5.41, 5.74) is 9.36. The lowest BCUT2D eigenvalue weighted by Crippen LogP contribution is -2.94.